The van der Waals surface area contributed by atoms with Crippen LogP contribution < -0.4 is 5.32 Å². The van der Waals surface area contributed by atoms with E-state index in [2.05, 4.69) is 10.1 Å². The number of esters is 1. The molecule has 0 heterocycles. The van der Waals surface area contributed by atoms with Crippen LogP contribution in [0.3, 0.4) is 0 Å². The van der Waals surface area contributed by atoms with Crippen LogP contribution in [0.1, 0.15) is 15.9 Å². The average molecular weight is 299 g/mol. The number of hydrogen-bond donors (Lipinski definition) is 1. The molecule has 0 saturated heterocycles. The molecule has 2 aromatic rings. The van der Waals surface area contributed by atoms with E-state index in [9.17, 15) is 14.0 Å². The van der Waals surface area contributed by atoms with Crippen LogP contribution in [0.2, 0.25) is 0 Å². The summed E-state index contributed by atoms with van der Waals surface area (Å²) in [6, 6.07) is 12.1. The molecule has 0 saturated carbocycles. The van der Waals surface area contributed by atoms with Gasteiger partial charge in [-0.05, 0) is 48.0 Å². The van der Waals surface area contributed by atoms with E-state index >= 15 is 0 Å². The highest BCUT2D eigenvalue weighted by Crippen LogP contribution is 2.11. The van der Waals surface area contributed by atoms with Crippen molar-refractivity contribution in [3.63, 3.8) is 0 Å². The second kappa shape index (κ2) is 7.17. The van der Waals surface area contributed by atoms with Gasteiger partial charge in [-0.3, -0.25) is 4.79 Å². The van der Waals surface area contributed by atoms with Crippen LogP contribution in [0.5, 0.6) is 0 Å². The van der Waals surface area contributed by atoms with Gasteiger partial charge >= 0.3 is 5.97 Å². The molecule has 0 aliphatic carbocycles. The maximum absolute atomic E-state index is 12.8. The van der Waals surface area contributed by atoms with Gasteiger partial charge in [0.1, 0.15) is 5.82 Å². The number of rotatable bonds is 4. The zero-order valence-electron chi connectivity index (χ0n) is 11.9. The first-order valence-corrected chi connectivity index (χ1v) is 6.51. The lowest BCUT2D eigenvalue weighted by Crippen LogP contribution is -2.08. The smallest absolute Gasteiger partial charge is 0.337 e. The zero-order valence-corrected chi connectivity index (χ0v) is 11.9. The van der Waals surface area contributed by atoms with Crippen LogP contribution in [0.15, 0.2) is 54.6 Å². The number of benzene rings is 2. The summed E-state index contributed by atoms with van der Waals surface area (Å²) >= 11 is 0. The van der Waals surface area contributed by atoms with Crippen LogP contribution in [0, 0.1) is 5.82 Å². The molecule has 5 heteroatoms. The highest BCUT2D eigenvalue weighted by Gasteiger charge is 2.05. The second-order valence-corrected chi connectivity index (χ2v) is 4.44. The van der Waals surface area contributed by atoms with Gasteiger partial charge < -0.3 is 10.1 Å². The third-order valence-electron chi connectivity index (χ3n) is 2.87. The maximum Gasteiger partial charge on any atom is 0.337 e. The number of anilines is 1. The Morgan fingerprint density at radius 2 is 1.68 bits per heavy atom. The number of carbonyl (C=O) groups excluding carboxylic acids is 2. The Hall–Kier alpha value is -2.95. The molecule has 2 aromatic carbocycles. The fourth-order valence-electron chi connectivity index (χ4n) is 1.74. The van der Waals surface area contributed by atoms with E-state index in [-0.39, 0.29) is 11.7 Å². The van der Waals surface area contributed by atoms with Gasteiger partial charge in [-0.1, -0.05) is 12.1 Å². The summed E-state index contributed by atoms with van der Waals surface area (Å²) in [4.78, 5) is 23.0. The first-order valence-electron chi connectivity index (χ1n) is 6.51. The Morgan fingerprint density at radius 1 is 1.05 bits per heavy atom. The van der Waals surface area contributed by atoms with Gasteiger partial charge in [0, 0.05) is 11.8 Å². The summed E-state index contributed by atoms with van der Waals surface area (Å²) in [7, 11) is 1.30. The molecular formula is C17H14FNO3. The van der Waals surface area contributed by atoms with Crippen molar-refractivity contribution in [3.8, 4) is 0 Å². The highest BCUT2D eigenvalue weighted by molar-refractivity contribution is 6.02. The van der Waals surface area contributed by atoms with E-state index in [0.717, 1.165) is 5.56 Å². The molecular weight excluding hydrogens is 285 g/mol. The largest absolute Gasteiger partial charge is 0.465 e. The maximum atomic E-state index is 12.8. The van der Waals surface area contributed by atoms with E-state index in [1.807, 2.05) is 0 Å². The predicted octanol–water partition coefficient (Wildman–Crippen LogP) is 3.26. The van der Waals surface area contributed by atoms with E-state index < -0.39 is 5.97 Å². The van der Waals surface area contributed by atoms with Gasteiger partial charge in [0.25, 0.3) is 0 Å². The highest BCUT2D eigenvalue weighted by atomic mass is 19.1. The van der Waals surface area contributed by atoms with E-state index in [4.69, 9.17) is 0 Å². The van der Waals surface area contributed by atoms with Crippen LogP contribution in [-0.2, 0) is 9.53 Å². The molecule has 0 bridgehead atoms. The fraction of sp³-hybridized carbons (Fsp3) is 0.0588. The molecule has 1 amide bonds. The summed E-state index contributed by atoms with van der Waals surface area (Å²) < 4.78 is 17.3. The van der Waals surface area contributed by atoms with E-state index in [1.165, 1.54) is 25.3 Å². The van der Waals surface area contributed by atoms with Gasteiger partial charge in [0.2, 0.25) is 5.91 Å². The lowest BCUT2D eigenvalue weighted by molar-refractivity contribution is -0.111. The molecule has 0 atom stereocenters. The lowest BCUT2D eigenvalue weighted by Gasteiger charge is -2.03. The second-order valence-electron chi connectivity index (χ2n) is 4.44. The van der Waals surface area contributed by atoms with Gasteiger partial charge in [-0.25, -0.2) is 9.18 Å². The van der Waals surface area contributed by atoms with Crippen molar-refractivity contribution in [1.82, 2.24) is 0 Å². The Kier molecular flexibility index (Phi) is 5.03. The Bertz CT molecular complexity index is 691. The molecule has 22 heavy (non-hydrogen) atoms. The lowest BCUT2D eigenvalue weighted by atomic mass is 10.2. The molecule has 0 radical (unpaired) electrons. The van der Waals surface area contributed by atoms with Gasteiger partial charge in [0.05, 0.1) is 12.7 Å². The minimum atomic E-state index is -0.436. The summed E-state index contributed by atoms with van der Waals surface area (Å²) in [6.07, 6.45) is 2.93. The SMILES string of the molecule is COC(=O)c1ccc(NC(=O)C=Cc2ccc(F)cc2)cc1. The van der Waals surface area contributed by atoms with Gasteiger partial charge in [0.15, 0.2) is 0 Å². The number of nitrogens with one attached hydrogen (secondary N) is 1. The number of halogens is 1. The molecule has 0 unspecified atom stereocenters. The molecule has 0 spiro atoms. The molecule has 0 aromatic heterocycles. The third-order valence-corrected chi connectivity index (χ3v) is 2.87. The first kappa shape index (κ1) is 15.4. The number of amides is 1. The van der Waals surface area contributed by atoms with E-state index in [0.29, 0.717) is 11.3 Å². The van der Waals surface area contributed by atoms with Crippen molar-refractivity contribution in [2.45, 2.75) is 0 Å². The monoisotopic (exact) mass is 299 g/mol. The minimum Gasteiger partial charge on any atom is -0.465 e. The predicted molar refractivity (Wildman–Crippen MR) is 81.8 cm³/mol. The zero-order chi connectivity index (χ0) is 15.9. The summed E-state index contributed by atoms with van der Waals surface area (Å²) in [5, 5.41) is 2.66. The quantitative estimate of drug-likeness (QED) is 0.696. The number of carbonyl (C=O) groups is 2. The van der Waals surface area contributed by atoms with Crippen molar-refractivity contribution in [2.75, 3.05) is 12.4 Å². The van der Waals surface area contributed by atoms with Crippen molar-refractivity contribution >= 4 is 23.6 Å². The number of methoxy groups -OCH3 is 1. The third kappa shape index (κ3) is 4.28. The Balaban J connectivity index is 1.97. The van der Waals surface area contributed by atoms with Crippen molar-refractivity contribution in [3.05, 3.63) is 71.6 Å². The normalized spacial score (nSPS) is 10.5. The van der Waals surface area contributed by atoms with Crippen LogP contribution in [0.25, 0.3) is 6.08 Å². The van der Waals surface area contributed by atoms with E-state index in [1.54, 1.807) is 42.5 Å². The van der Waals surface area contributed by atoms with Crippen LogP contribution in [-0.4, -0.2) is 19.0 Å². The molecule has 1 N–H and O–H groups in total. The molecule has 0 fully saturated rings. The summed E-state index contributed by atoms with van der Waals surface area (Å²) in [6.45, 7) is 0. The summed E-state index contributed by atoms with van der Waals surface area (Å²) in [5.74, 6) is -1.09. The number of ether oxygens (including phenoxy) is 1. The van der Waals surface area contributed by atoms with Gasteiger partial charge in [-0.15, -0.1) is 0 Å². The van der Waals surface area contributed by atoms with Crippen LogP contribution in [0.4, 0.5) is 10.1 Å². The minimum absolute atomic E-state index is 0.324. The first-order chi connectivity index (χ1) is 10.6. The Morgan fingerprint density at radius 3 is 2.27 bits per heavy atom. The molecule has 112 valence electrons. The summed E-state index contributed by atoms with van der Waals surface area (Å²) in [5.41, 5.74) is 1.68. The van der Waals surface area contributed by atoms with Crippen molar-refractivity contribution < 1.29 is 18.7 Å². The Labute approximate surface area is 127 Å². The van der Waals surface area contributed by atoms with Gasteiger partial charge in [-0.2, -0.15) is 0 Å². The van der Waals surface area contributed by atoms with Crippen molar-refractivity contribution in [2.24, 2.45) is 0 Å². The topological polar surface area (TPSA) is 55.4 Å². The van der Waals surface area contributed by atoms with Crippen molar-refractivity contribution in [1.29, 1.82) is 0 Å². The standard InChI is InChI=1S/C17H14FNO3/c1-22-17(21)13-5-9-15(10-6-13)19-16(20)11-4-12-2-7-14(18)8-3-12/h2-11H,1H3,(H,19,20). The fourth-order valence-corrected chi connectivity index (χ4v) is 1.74. The number of hydrogen-bond acceptors (Lipinski definition) is 3. The van der Waals surface area contributed by atoms with Crippen LogP contribution >= 0.6 is 0 Å². The molecule has 4 nitrogen and oxygen atoms in total. The average Bonchev–Trinajstić information content (AvgIpc) is 2.54. The molecule has 0 aliphatic rings. The molecule has 2 rings (SSSR count). The molecule has 0 aliphatic heterocycles.